The van der Waals surface area contributed by atoms with Crippen LogP contribution < -0.4 is 0 Å². The Balaban J connectivity index is 2.97. The van der Waals surface area contributed by atoms with Gasteiger partial charge in [0.1, 0.15) is 0 Å². The van der Waals surface area contributed by atoms with Crippen LogP contribution in [-0.2, 0) is 4.74 Å². The van der Waals surface area contributed by atoms with Crippen LogP contribution >= 0.6 is 0 Å². The fraction of sp³-hybridized carbons (Fsp3) is 1.00. The molecule has 4 atom stereocenters. The topological polar surface area (TPSA) is 49.7 Å². The molecular formula is C14H28O3. The summed E-state index contributed by atoms with van der Waals surface area (Å²) in [4.78, 5) is 0. The van der Waals surface area contributed by atoms with Crippen molar-refractivity contribution >= 4 is 0 Å². The monoisotopic (exact) mass is 244 g/mol. The first kappa shape index (κ1) is 14.9. The van der Waals surface area contributed by atoms with Crippen molar-refractivity contribution in [3.63, 3.8) is 0 Å². The first-order valence-electron chi connectivity index (χ1n) is 6.46. The largest absolute Gasteiger partial charge is 0.390 e. The van der Waals surface area contributed by atoms with Gasteiger partial charge in [-0.3, -0.25) is 0 Å². The van der Waals surface area contributed by atoms with Crippen LogP contribution in [0.5, 0.6) is 0 Å². The number of hydrogen-bond donors (Lipinski definition) is 2. The molecule has 0 aromatic heterocycles. The highest BCUT2D eigenvalue weighted by Crippen LogP contribution is 2.44. The zero-order valence-electron chi connectivity index (χ0n) is 12.2. The van der Waals surface area contributed by atoms with Gasteiger partial charge < -0.3 is 14.9 Å². The first-order valence-corrected chi connectivity index (χ1v) is 6.46. The fourth-order valence-electron chi connectivity index (χ4n) is 3.24. The van der Waals surface area contributed by atoms with Gasteiger partial charge in [0.25, 0.3) is 0 Å². The summed E-state index contributed by atoms with van der Waals surface area (Å²) >= 11 is 0. The maximum atomic E-state index is 10.6. The van der Waals surface area contributed by atoms with E-state index in [0.29, 0.717) is 6.42 Å². The van der Waals surface area contributed by atoms with Crippen LogP contribution in [0.25, 0.3) is 0 Å². The zero-order chi connectivity index (χ0) is 13.6. The van der Waals surface area contributed by atoms with E-state index >= 15 is 0 Å². The zero-order valence-corrected chi connectivity index (χ0v) is 12.2. The van der Waals surface area contributed by atoms with Crippen LogP contribution in [0.3, 0.4) is 0 Å². The summed E-state index contributed by atoms with van der Waals surface area (Å²) in [7, 11) is 0. The lowest BCUT2D eigenvalue weighted by molar-refractivity contribution is -0.237. The third-order valence-corrected chi connectivity index (χ3v) is 3.84. The van der Waals surface area contributed by atoms with Gasteiger partial charge in [0, 0.05) is 12.3 Å². The summed E-state index contributed by atoms with van der Waals surface area (Å²) in [6.45, 7) is 13.6. The molecule has 1 rings (SSSR count). The van der Waals surface area contributed by atoms with Crippen LogP contribution in [0.2, 0.25) is 0 Å². The van der Waals surface area contributed by atoms with Crippen molar-refractivity contribution in [1.29, 1.82) is 0 Å². The molecule has 1 fully saturated rings. The molecule has 102 valence electrons. The van der Waals surface area contributed by atoms with Crippen molar-refractivity contribution < 1.29 is 14.9 Å². The van der Waals surface area contributed by atoms with Gasteiger partial charge in [-0.15, -0.1) is 0 Å². The third kappa shape index (κ3) is 3.21. The molecule has 0 aliphatic carbocycles. The number of aliphatic hydroxyl groups is 2. The molecule has 3 nitrogen and oxygen atoms in total. The van der Waals surface area contributed by atoms with E-state index in [2.05, 4.69) is 20.8 Å². The fourth-order valence-corrected chi connectivity index (χ4v) is 3.24. The Labute approximate surface area is 105 Å². The lowest BCUT2D eigenvalue weighted by Gasteiger charge is -2.52. The molecule has 0 spiro atoms. The molecule has 1 saturated heterocycles. The molecule has 1 aliphatic rings. The van der Waals surface area contributed by atoms with Crippen molar-refractivity contribution in [3.05, 3.63) is 0 Å². The molecule has 1 heterocycles. The second kappa shape index (κ2) is 4.22. The van der Waals surface area contributed by atoms with Gasteiger partial charge in [0.15, 0.2) is 0 Å². The third-order valence-electron chi connectivity index (χ3n) is 3.84. The highest BCUT2D eigenvalue weighted by molar-refractivity contribution is 5.01. The van der Waals surface area contributed by atoms with E-state index in [9.17, 15) is 10.2 Å². The molecule has 0 amide bonds. The molecule has 0 saturated carbocycles. The van der Waals surface area contributed by atoms with Crippen molar-refractivity contribution in [2.24, 2.45) is 11.3 Å². The average molecular weight is 244 g/mol. The highest BCUT2D eigenvalue weighted by Gasteiger charge is 2.52. The lowest BCUT2D eigenvalue weighted by Crippen LogP contribution is -2.60. The van der Waals surface area contributed by atoms with Gasteiger partial charge in [-0.1, -0.05) is 20.8 Å². The summed E-state index contributed by atoms with van der Waals surface area (Å²) in [5, 5.41) is 20.8. The van der Waals surface area contributed by atoms with Gasteiger partial charge in [0.2, 0.25) is 0 Å². The summed E-state index contributed by atoms with van der Waals surface area (Å²) in [5.74, 6) is -0.270. The van der Waals surface area contributed by atoms with Crippen molar-refractivity contribution in [1.82, 2.24) is 0 Å². The molecule has 0 radical (unpaired) electrons. The van der Waals surface area contributed by atoms with Crippen LogP contribution in [0, 0.1) is 11.3 Å². The standard InChI is InChI=1S/C14H28O3/c1-9-11(13(5,6)15)14(7,16)8-10(17-9)12(2,3)4/h9-11,15-16H,8H2,1-7H3. The number of ether oxygens (including phenoxy) is 1. The smallest absolute Gasteiger partial charge is 0.0724 e. The van der Waals surface area contributed by atoms with E-state index in [1.165, 1.54) is 0 Å². The van der Waals surface area contributed by atoms with Crippen LogP contribution in [0.4, 0.5) is 0 Å². The minimum absolute atomic E-state index is 0.00280. The normalized spacial score (nSPS) is 40.4. The Morgan fingerprint density at radius 2 is 1.65 bits per heavy atom. The van der Waals surface area contributed by atoms with E-state index in [0.717, 1.165) is 0 Å². The molecule has 0 aromatic carbocycles. The van der Waals surface area contributed by atoms with Gasteiger partial charge in [-0.2, -0.15) is 0 Å². The van der Waals surface area contributed by atoms with Gasteiger partial charge in [-0.05, 0) is 33.1 Å². The summed E-state index contributed by atoms with van der Waals surface area (Å²) in [5.41, 5.74) is -1.83. The van der Waals surface area contributed by atoms with Crippen molar-refractivity contribution in [2.75, 3.05) is 0 Å². The predicted octanol–water partition coefficient (Wildman–Crippen LogP) is 2.35. The van der Waals surface area contributed by atoms with Crippen molar-refractivity contribution in [3.8, 4) is 0 Å². The molecular weight excluding hydrogens is 216 g/mol. The molecule has 2 N–H and O–H groups in total. The minimum atomic E-state index is -0.939. The Morgan fingerprint density at radius 1 is 1.18 bits per heavy atom. The average Bonchev–Trinajstić information content (AvgIpc) is 1.94. The van der Waals surface area contributed by atoms with Crippen LogP contribution in [0.1, 0.15) is 54.9 Å². The SMILES string of the molecule is CC1OC(C(C)(C)C)CC(C)(O)C1C(C)(C)O. The second-order valence-corrected chi connectivity index (χ2v) is 7.39. The van der Waals surface area contributed by atoms with E-state index in [1.54, 1.807) is 13.8 Å². The predicted molar refractivity (Wildman–Crippen MR) is 68.8 cm³/mol. The summed E-state index contributed by atoms with van der Waals surface area (Å²) in [6, 6.07) is 0. The lowest BCUT2D eigenvalue weighted by atomic mass is 9.67. The molecule has 1 aliphatic heterocycles. The molecule has 0 bridgehead atoms. The molecule has 4 unspecified atom stereocenters. The molecule has 3 heteroatoms. The summed E-state index contributed by atoms with van der Waals surface area (Å²) in [6.07, 6.45) is 0.434. The van der Waals surface area contributed by atoms with Crippen LogP contribution in [-0.4, -0.2) is 33.6 Å². The number of hydrogen-bond acceptors (Lipinski definition) is 3. The Kier molecular flexibility index (Phi) is 3.70. The van der Waals surface area contributed by atoms with E-state index < -0.39 is 11.2 Å². The minimum Gasteiger partial charge on any atom is -0.390 e. The van der Waals surface area contributed by atoms with Gasteiger partial charge >= 0.3 is 0 Å². The first-order chi connectivity index (χ1) is 7.36. The Morgan fingerprint density at radius 3 is 1.94 bits per heavy atom. The van der Waals surface area contributed by atoms with Crippen LogP contribution in [0.15, 0.2) is 0 Å². The van der Waals surface area contributed by atoms with E-state index in [-0.39, 0.29) is 23.5 Å². The van der Waals surface area contributed by atoms with Gasteiger partial charge in [-0.25, -0.2) is 0 Å². The highest BCUT2D eigenvalue weighted by atomic mass is 16.5. The maximum Gasteiger partial charge on any atom is 0.0724 e. The number of rotatable bonds is 1. The summed E-state index contributed by atoms with van der Waals surface area (Å²) < 4.78 is 6.01. The van der Waals surface area contributed by atoms with Gasteiger partial charge in [0.05, 0.1) is 23.4 Å². The van der Waals surface area contributed by atoms with E-state index in [1.807, 2.05) is 13.8 Å². The maximum absolute atomic E-state index is 10.6. The quantitative estimate of drug-likeness (QED) is 0.744. The molecule has 17 heavy (non-hydrogen) atoms. The second-order valence-electron chi connectivity index (χ2n) is 7.39. The molecule has 0 aromatic rings. The van der Waals surface area contributed by atoms with E-state index in [4.69, 9.17) is 4.74 Å². The Bertz CT molecular complexity index is 270. The van der Waals surface area contributed by atoms with Crippen molar-refractivity contribution in [2.45, 2.75) is 78.3 Å². The Hall–Kier alpha value is -0.120.